The van der Waals surface area contributed by atoms with Crippen LogP contribution in [0.3, 0.4) is 0 Å². The Morgan fingerprint density at radius 2 is 2.56 bits per heavy atom. The van der Waals surface area contributed by atoms with Crippen LogP contribution in [0.4, 0.5) is 0 Å². The summed E-state index contributed by atoms with van der Waals surface area (Å²) in [6.45, 7) is 2.24. The number of alkyl halides is 1. The third kappa shape index (κ3) is 2.94. The largest absolute Gasteiger partial charge is 0.159 e. The molecule has 1 rings (SSSR count). The minimum atomic E-state index is 0.716. The first-order valence-corrected chi connectivity index (χ1v) is 5.51. The highest BCUT2D eigenvalue weighted by molar-refractivity contribution is 9.09. The van der Waals surface area contributed by atoms with Crippen LogP contribution in [-0.4, -0.2) is 15.8 Å². The van der Waals surface area contributed by atoms with Crippen LogP contribution in [0.25, 0.3) is 0 Å². The molecule has 1 aliphatic heterocycles. The maximum absolute atomic E-state index is 3.57. The van der Waals surface area contributed by atoms with Gasteiger partial charge in [-0.15, -0.1) is 0 Å². The van der Waals surface area contributed by atoms with Gasteiger partial charge in [-0.1, -0.05) is 22.9 Å². The van der Waals surface area contributed by atoms with Crippen molar-refractivity contribution in [3.05, 3.63) is 0 Å². The fourth-order valence-electron chi connectivity index (χ4n) is 1.19. The molecule has 0 radical (unpaired) electrons. The lowest BCUT2D eigenvalue weighted by atomic mass is 10.2. The Morgan fingerprint density at radius 1 is 1.78 bits per heavy atom. The van der Waals surface area contributed by atoms with Crippen LogP contribution in [0.5, 0.6) is 0 Å². The molecule has 1 aliphatic rings. The first-order chi connectivity index (χ1) is 4.29. The second-order valence-corrected chi connectivity index (χ2v) is 5.62. The van der Waals surface area contributed by atoms with Crippen LogP contribution >= 0.6 is 27.7 Å². The van der Waals surface area contributed by atoms with Gasteiger partial charge in [-0.25, -0.2) is 0 Å². The zero-order valence-corrected chi connectivity index (χ0v) is 8.17. The smallest absolute Gasteiger partial charge is 0.0128 e. The third-order valence-corrected chi connectivity index (χ3v) is 3.41. The van der Waals surface area contributed by atoms with E-state index in [1.54, 1.807) is 0 Å². The Morgan fingerprint density at radius 3 is 3.00 bits per heavy atom. The highest BCUT2D eigenvalue weighted by Crippen LogP contribution is 2.30. The highest BCUT2D eigenvalue weighted by Gasteiger charge is 2.16. The van der Waals surface area contributed by atoms with Crippen molar-refractivity contribution in [2.45, 2.75) is 36.3 Å². The molecule has 9 heavy (non-hydrogen) atoms. The van der Waals surface area contributed by atoms with Crippen LogP contribution in [0.15, 0.2) is 0 Å². The van der Waals surface area contributed by atoms with Crippen LogP contribution < -0.4 is 0 Å². The van der Waals surface area contributed by atoms with Gasteiger partial charge >= 0.3 is 0 Å². The van der Waals surface area contributed by atoms with Crippen LogP contribution in [0.1, 0.15) is 26.2 Å². The van der Waals surface area contributed by atoms with Crippen molar-refractivity contribution < 1.29 is 0 Å². The lowest BCUT2D eigenvalue weighted by Gasteiger charge is -2.08. The quantitative estimate of drug-likeness (QED) is 0.630. The van der Waals surface area contributed by atoms with E-state index in [-0.39, 0.29) is 0 Å². The summed E-state index contributed by atoms with van der Waals surface area (Å²) in [4.78, 5) is 0.716. The molecule has 0 nitrogen and oxygen atoms in total. The molecule has 0 spiro atoms. The predicted molar refractivity (Wildman–Crippen MR) is 48.5 cm³/mol. The summed E-state index contributed by atoms with van der Waals surface area (Å²) in [5.74, 6) is 1.39. The molecule has 0 amide bonds. The van der Waals surface area contributed by atoms with Crippen molar-refractivity contribution in [1.82, 2.24) is 0 Å². The van der Waals surface area contributed by atoms with Crippen molar-refractivity contribution in [2.24, 2.45) is 0 Å². The molecule has 2 atom stereocenters. The molecule has 54 valence electrons. The lowest BCUT2D eigenvalue weighted by Crippen LogP contribution is -2.02. The second kappa shape index (κ2) is 3.87. The van der Waals surface area contributed by atoms with E-state index in [9.17, 15) is 0 Å². The topological polar surface area (TPSA) is 0 Å². The molecule has 0 N–H and O–H groups in total. The molecule has 0 bridgehead atoms. The summed E-state index contributed by atoms with van der Waals surface area (Å²) in [6.07, 6.45) is 4.24. The number of rotatable bonds is 2. The molecule has 2 heteroatoms. The van der Waals surface area contributed by atoms with Crippen molar-refractivity contribution in [2.75, 3.05) is 5.75 Å². The van der Waals surface area contributed by atoms with E-state index in [1.165, 1.54) is 25.0 Å². The van der Waals surface area contributed by atoms with E-state index in [0.29, 0.717) is 4.83 Å². The summed E-state index contributed by atoms with van der Waals surface area (Å²) in [5, 5.41) is 0.958. The van der Waals surface area contributed by atoms with Crippen LogP contribution in [0.2, 0.25) is 0 Å². The lowest BCUT2D eigenvalue weighted by molar-refractivity contribution is 0.717. The van der Waals surface area contributed by atoms with E-state index in [1.807, 2.05) is 0 Å². The molecule has 1 fully saturated rings. The average Bonchev–Trinajstić information content (AvgIpc) is 2.15. The molecular formula is C7H13BrS. The van der Waals surface area contributed by atoms with Gasteiger partial charge in [0.15, 0.2) is 0 Å². The molecule has 1 heterocycles. The van der Waals surface area contributed by atoms with Gasteiger partial charge < -0.3 is 0 Å². The second-order valence-electron chi connectivity index (χ2n) is 2.65. The molecule has 1 saturated heterocycles. The first-order valence-electron chi connectivity index (χ1n) is 3.54. The number of thioether (sulfide) groups is 1. The number of halogens is 1. The van der Waals surface area contributed by atoms with Crippen molar-refractivity contribution in [1.29, 1.82) is 0 Å². The van der Waals surface area contributed by atoms with Gasteiger partial charge in [-0.3, -0.25) is 0 Å². The Hall–Kier alpha value is 0.830. The van der Waals surface area contributed by atoms with E-state index < -0.39 is 0 Å². The van der Waals surface area contributed by atoms with Gasteiger partial charge in [0.25, 0.3) is 0 Å². The molecule has 2 unspecified atom stereocenters. The zero-order valence-electron chi connectivity index (χ0n) is 5.77. The maximum atomic E-state index is 3.57. The third-order valence-electron chi connectivity index (χ3n) is 1.61. The Balaban J connectivity index is 2.11. The van der Waals surface area contributed by atoms with Crippen LogP contribution in [-0.2, 0) is 0 Å². The summed E-state index contributed by atoms with van der Waals surface area (Å²) < 4.78 is 0. The van der Waals surface area contributed by atoms with Gasteiger partial charge in [0, 0.05) is 10.1 Å². The zero-order chi connectivity index (χ0) is 6.69. The average molecular weight is 209 g/mol. The van der Waals surface area contributed by atoms with E-state index in [2.05, 4.69) is 34.6 Å². The molecule has 0 saturated carbocycles. The van der Waals surface area contributed by atoms with Gasteiger partial charge in [0.05, 0.1) is 0 Å². The molecule has 0 aromatic rings. The summed E-state index contributed by atoms with van der Waals surface area (Å²) in [5.41, 5.74) is 0. The van der Waals surface area contributed by atoms with Crippen molar-refractivity contribution >= 4 is 27.7 Å². The Bertz CT molecular complexity index is 77.0. The molecule has 0 aromatic carbocycles. The van der Waals surface area contributed by atoms with Gasteiger partial charge in [-0.05, 0) is 25.0 Å². The fourth-order valence-corrected chi connectivity index (χ4v) is 3.32. The van der Waals surface area contributed by atoms with Gasteiger partial charge in [0.1, 0.15) is 0 Å². The van der Waals surface area contributed by atoms with E-state index in [4.69, 9.17) is 0 Å². The monoisotopic (exact) mass is 208 g/mol. The van der Waals surface area contributed by atoms with Crippen LogP contribution in [0, 0.1) is 0 Å². The van der Waals surface area contributed by atoms with Gasteiger partial charge in [0.2, 0.25) is 0 Å². The first kappa shape index (κ1) is 7.93. The molecule has 0 aromatic heterocycles. The minimum absolute atomic E-state index is 0.716. The molecular weight excluding hydrogens is 196 g/mol. The Kier molecular flexibility index (Phi) is 3.41. The highest BCUT2D eigenvalue weighted by atomic mass is 79.9. The molecule has 0 aliphatic carbocycles. The fraction of sp³-hybridized carbons (Fsp3) is 1.00. The summed E-state index contributed by atoms with van der Waals surface area (Å²) >= 11 is 5.71. The number of hydrogen-bond acceptors (Lipinski definition) is 1. The summed E-state index contributed by atoms with van der Waals surface area (Å²) in [7, 11) is 0. The number of hydrogen-bond donors (Lipinski definition) is 0. The van der Waals surface area contributed by atoms with E-state index >= 15 is 0 Å². The summed E-state index contributed by atoms with van der Waals surface area (Å²) in [6, 6.07) is 0. The van der Waals surface area contributed by atoms with Crippen molar-refractivity contribution in [3.8, 4) is 0 Å². The van der Waals surface area contributed by atoms with Crippen molar-refractivity contribution in [3.63, 3.8) is 0 Å². The van der Waals surface area contributed by atoms with E-state index in [0.717, 1.165) is 5.25 Å². The van der Waals surface area contributed by atoms with Gasteiger partial charge in [-0.2, -0.15) is 11.8 Å². The SMILES string of the molecule is CC(Br)CC1CCCS1. The minimum Gasteiger partial charge on any atom is -0.159 e. The predicted octanol–water partition coefficient (Wildman–Crippen LogP) is 3.06. The Labute approximate surface area is 69.9 Å². The standard InChI is InChI=1S/C7H13BrS/c1-6(8)5-7-3-2-4-9-7/h6-7H,2-5H2,1H3. The maximum Gasteiger partial charge on any atom is 0.0128 e. The normalized spacial score (nSPS) is 30.7.